The quantitative estimate of drug-likeness (QED) is 0.796. The van der Waals surface area contributed by atoms with Gasteiger partial charge in [0.25, 0.3) is 0 Å². The number of nitrogens with one attached hydrogen (secondary N) is 2. The van der Waals surface area contributed by atoms with E-state index in [1.165, 1.54) is 19.2 Å². The van der Waals surface area contributed by atoms with Gasteiger partial charge in [0, 0.05) is 6.54 Å². The van der Waals surface area contributed by atoms with Crippen molar-refractivity contribution < 1.29 is 13.9 Å². The number of ether oxygens (including phenoxy) is 1. The van der Waals surface area contributed by atoms with Crippen LogP contribution < -0.4 is 10.6 Å². The number of methoxy groups -OCH3 is 1. The van der Waals surface area contributed by atoms with E-state index in [1.807, 2.05) is 0 Å². The standard InChI is InChI=1S/C12H14FN3O2/c1-18-12(17)16-11-14-7-6-10(15-11)8-2-4-9(13)5-3-8/h2-5,10H,6-7H2,1H3,(H2,14,15,16,17). The van der Waals surface area contributed by atoms with Gasteiger partial charge in [-0.05, 0) is 24.1 Å². The molecule has 1 aliphatic heterocycles. The minimum absolute atomic E-state index is 0.00950. The zero-order valence-electron chi connectivity index (χ0n) is 9.94. The molecule has 1 aliphatic rings. The van der Waals surface area contributed by atoms with Gasteiger partial charge in [-0.15, -0.1) is 0 Å². The molecule has 0 bridgehead atoms. The van der Waals surface area contributed by atoms with E-state index in [9.17, 15) is 9.18 Å². The Bertz CT molecular complexity index is 459. The van der Waals surface area contributed by atoms with Crippen LogP contribution in [-0.2, 0) is 4.74 Å². The molecule has 0 aliphatic carbocycles. The van der Waals surface area contributed by atoms with Crippen molar-refractivity contribution in [2.24, 2.45) is 4.99 Å². The monoisotopic (exact) mass is 251 g/mol. The molecule has 0 fully saturated rings. The van der Waals surface area contributed by atoms with Crippen molar-refractivity contribution in [2.75, 3.05) is 13.7 Å². The summed E-state index contributed by atoms with van der Waals surface area (Å²) in [7, 11) is 1.29. The van der Waals surface area contributed by atoms with Crippen LogP contribution in [0, 0.1) is 5.82 Å². The van der Waals surface area contributed by atoms with Crippen LogP contribution in [0.4, 0.5) is 9.18 Å². The first-order chi connectivity index (χ1) is 8.69. The van der Waals surface area contributed by atoms with E-state index in [0.717, 1.165) is 12.0 Å². The van der Waals surface area contributed by atoms with E-state index in [2.05, 4.69) is 20.4 Å². The molecule has 1 aromatic rings. The van der Waals surface area contributed by atoms with Gasteiger partial charge in [0.05, 0.1) is 13.2 Å². The highest BCUT2D eigenvalue weighted by Gasteiger charge is 2.18. The second-order valence-corrected chi connectivity index (χ2v) is 3.88. The predicted molar refractivity (Wildman–Crippen MR) is 64.7 cm³/mol. The molecule has 0 radical (unpaired) electrons. The van der Waals surface area contributed by atoms with E-state index < -0.39 is 6.09 Å². The van der Waals surface area contributed by atoms with E-state index >= 15 is 0 Å². The Balaban J connectivity index is 2.03. The average Bonchev–Trinajstić information content (AvgIpc) is 2.40. The summed E-state index contributed by atoms with van der Waals surface area (Å²) >= 11 is 0. The zero-order valence-corrected chi connectivity index (χ0v) is 9.94. The maximum atomic E-state index is 12.8. The second kappa shape index (κ2) is 5.48. The molecule has 1 atom stereocenters. The highest BCUT2D eigenvalue weighted by molar-refractivity contribution is 5.94. The zero-order chi connectivity index (χ0) is 13.0. The molecule has 2 rings (SSSR count). The van der Waals surface area contributed by atoms with Gasteiger partial charge in [0.2, 0.25) is 5.96 Å². The summed E-state index contributed by atoms with van der Waals surface area (Å²) in [4.78, 5) is 15.2. The van der Waals surface area contributed by atoms with Crippen LogP contribution in [0.5, 0.6) is 0 Å². The van der Waals surface area contributed by atoms with Gasteiger partial charge >= 0.3 is 6.09 Å². The first-order valence-corrected chi connectivity index (χ1v) is 5.60. The summed E-state index contributed by atoms with van der Waals surface area (Å²) in [5.41, 5.74) is 0.954. The number of aliphatic imine (C=N–C) groups is 1. The highest BCUT2D eigenvalue weighted by Crippen LogP contribution is 2.19. The van der Waals surface area contributed by atoms with Crippen molar-refractivity contribution in [2.45, 2.75) is 12.5 Å². The number of halogens is 1. The Morgan fingerprint density at radius 1 is 1.50 bits per heavy atom. The van der Waals surface area contributed by atoms with Crippen molar-refractivity contribution in [1.82, 2.24) is 10.6 Å². The van der Waals surface area contributed by atoms with Crippen LogP contribution in [0.25, 0.3) is 0 Å². The number of benzene rings is 1. The summed E-state index contributed by atoms with van der Waals surface area (Å²) in [5, 5.41) is 5.55. The van der Waals surface area contributed by atoms with Crippen LogP contribution in [0.1, 0.15) is 18.0 Å². The minimum atomic E-state index is -0.569. The number of carbonyl (C=O) groups is 1. The molecular formula is C12H14FN3O2. The lowest BCUT2D eigenvalue weighted by atomic mass is 10.0. The third-order valence-electron chi connectivity index (χ3n) is 2.68. The Hall–Kier alpha value is -2.11. The Morgan fingerprint density at radius 2 is 2.22 bits per heavy atom. The normalized spacial score (nSPS) is 18.6. The number of alkyl carbamates (subject to hydrolysis) is 1. The summed E-state index contributed by atoms with van der Waals surface area (Å²) in [6.07, 6.45) is 0.221. The van der Waals surface area contributed by atoms with Crippen molar-refractivity contribution in [3.8, 4) is 0 Å². The number of guanidine groups is 1. The Kier molecular flexibility index (Phi) is 3.76. The predicted octanol–water partition coefficient (Wildman–Crippen LogP) is 1.57. The molecule has 0 saturated carbocycles. The fraction of sp³-hybridized carbons (Fsp3) is 0.333. The lowest BCUT2D eigenvalue weighted by Crippen LogP contribution is -2.45. The molecule has 0 spiro atoms. The Morgan fingerprint density at radius 3 is 2.89 bits per heavy atom. The van der Waals surface area contributed by atoms with Gasteiger partial charge < -0.3 is 10.1 Å². The van der Waals surface area contributed by atoms with Crippen LogP contribution in [0.3, 0.4) is 0 Å². The van der Waals surface area contributed by atoms with Gasteiger partial charge in [0.15, 0.2) is 0 Å². The Labute approximate surface area is 104 Å². The topological polar surface area (TPSA) is 62.7 Å². The number of hydrogen-bond donors (Lipinski definition) is 2. The largest absolute Gasteiger partial charge is 0.453 e. The number of rotatable bonds is 1. The third kappa shape index (κ3) is 2.97. The lowest BCUT2D eigenvalue weighted by molar-refractivity contribution is 0.176. The maximum Gasteiger partial charge on any atom is 0.413 e. The van der Waals surface area contributed by atoms with Crippen LogP contribution in [0.15, 0.2) is 29.3 Å². The van der Waals surface area contributed by atoms with E-state index in [4.69, 9.17) is 0 Å². The van der Waals surface area contributed by atoms with Gasteiger partial charge in [0.1, 0.15) is 5.82 Å². The molecule has 2 N–H and O–H groups in total. The molecule has 1 aromatic carbocycles. The van der Waals surface area contributed by atoms with Gasteiger partial charge in [-0.3, -0.25) is 10.3 Å². The summed E-state index contributed by atoms with van der Waals surface area (Å²) < 4.78 is 17.3. The first kappa shape index (κ1) is 12.3. The van der Waals surface area contributed by atoms with E-state index in [-0.39, 0.29) is 11.9 Å². The molecule has 5 nitrogen and oxygen atoms in total. The molecule has 1 amide bonds. The fourth-order valence-electron chi connectivity index (χ4n) is 1.76. The smallest absolute Gasteiger partial charge is 0.413 e. The van der Waals surface area contributed by atoms with Crippen molar-refractivity contribution in [1.29, 1.82) is 0 Å². The van der Waals surface area contributed by atoms with Crippen molar-refractivity contribution >= 4 is 12.1 Å². The number of carbonyl (C=O) groups excluding carboxylic acids is 1. The highest BCUT2D eigenvalue weighted by atomic mass is 19.1. The van der Waals surface area contributed by atoms with Crippen LogP contribution >= 0.6 is 0 Å². The molecule has 18 heavy (non-hydrogen) atoms. The summed E-state index contributed by atoms with van der Waals surface area (Å²) in [5.74, 6) is 0.110. The van der Waals surface area contributed by atoms with E-state index in [0.29, 0.717) is 12.5 Å². The number of nitrogens with zero attached hydrogens (tertiary/aromatic N) is 1. The van der Waals surface area contributed by atoms with E-state index in [1.54, 1.807) is 12.1 Å². The number of amides is 1. The molecule has 6 heteroatoms. The molecule has 0 aromatic heterocycles. The molecular weight excluding hydrogens is 237 g/mol. The van der Waals surface area contributed by atoms with Crippen LogP contribution in [0.2, 0.25) is 0 Å². The van der Waals surface area contributed by atoms with Crippen molar-refractivity contribution in [3.63, 3.8) is 0 Å². The maximum absolute atomic E-state index is 12.8. The fourth-order valence-corrected chi connectivity index (χ4v) is 1.76. The number of hydrogen-bond acceptors (Lipinski definition) is 4. The lowest BCUT2D eigenvalue weighted by Gasteiger charge is -2.24. The van der Waals surface area contributed by atoms with Crippen LogP contribution in [-0.4, -0.2) is 25.7 Å². The van der Waals surface area contributed by atoms with Gasteiger partial charge in [-0.2, -0.15) is 0 Å². The average molecular weight is 251 g/mol. The summed E-state index contributed by atoms with van der Waals surface area (Å²) in [6.45, 7) is 0.592. The second-order valence-electron chi connectivity index (χ2n) is 3.88. The molecule has 96 valence electrons. The molecule has 1 heterocycles. The SMILES string of the molecule is COC(=O)NC1=NCCC(c2ccc(F)cc2)N1. The molecule has 1 unspecified atom stereocenters. The first-order valence-electron chi connectivity index (χ1n) is 5.60. The van der Waals surface area contributed by atoms with Gasteiger partial charge in [-0.1, -0.05) is 12.1 Å². The third-order valence-corrected chi connectivity index (χ3v) is 2.68. The summed E-state index contributed by atoms with van der Waals surface area (Å²) in [6, 6.07) is 6.27. The molecule has 0 saturated heterocycles. The minimum Gasteiger partial charge on any atom is -0.453 e. The van der Waals surface area contributed by atoms with Crippen molar-refractivity contribution in [3.05, 3.63) is 35.6 Å². The van der Waals surface area contributed by atoms with Gasteiger partial charge in [-0.25, -0.2) is 9.18 Å².